The maximum atomic E-state index is 5.85. The van der Waals surface area contributed by atoms with E-state index >= 15 is 0 Å². The summed E-state index contributed by atoms with van der Waals surface area (Å²) in [5.74, 6) is 3.12. The second-order valence-electron chi connectivity index (χ2n) is 6.44. The van der Waals surface area contributed by atoms with E-state index in [1.54, 1.807) is 0 Å². The molecule has 3 nitrogen and oxygen atoms in total. The van der Waals surface area contributed by atoms with E-state index in [4.69, 9.17) is 4.42 Å². The number of nitrogens with zero attached hydrogens (tertiary/aromatic N) is 1. The minimum Gasteiger partial charge on any atom is -0.465 e. The maximum absolute atomic E-state index is 5.85. The molecule has 0 atom stereocenters. The first-order valence-corrected chi connectivity index (χ1v) is 7.71. The van der Waals surface area contributed by atoms with E-state index in [2.05, 4.69) is 30.3 Å². The molecule has 0 radical (unpaired) electrons. The molecule has 2 aliphatic carbocycles. The number of aryl methyl sites for hydroxylation is 1. The number of hydrogen-bond acceptors (Lipinski definition) is 3. The lowest BCUT2D eigenvalue weighted by Crippen LogP contribution is -2.29. The molecule has 0 bridgehead atoms. The minimum atomic E-state index is 0.746. The molecule has 3 rings (SSSR count). The Kier molecular flexibility index (Phi) is 3.94. The first-order chi connectivity index (χ1) is 9.20. The number of hydrogen-bond donors (Lipinski definition) is 1. The molecule has 2 saturated carbocycles. The van der Waals surface area contributed by atoms with Crippen molar-refractivity contribution in [3.63, 3.8) is 0 Å². The zero-order valence-electron chi connectivity index (χ0n) is 12.2. The van der Waals surface area contributed by atoms with Gasteiger partial charge in [-0.15, -0.1) is 0 Å². The molecule has 2 aliphatic rings. The zero-order valence-corrected chi connectivity index (χ0v) is 12.2. The zero-order chi connectivity index (χ0) is 13.2. The Morgan fingerprint density at radius 2 is 2.11 bits per heavy atom. The van der Waals surface area contributed by atoms with Crippen LogP contribution in [0.1, 0.15) is 49.2 Å². The highest BCUT2D eigenvalue weighted by atomic mass is 16.3. The summed E-state index contributed by atoms with van der Waals surface area (Å²) in [6.45, 7) is 5.24. The highest BCUT2D eigenvalue weighted by Crippen LogP contribution is 2.27. The summed E-state index contributed by atoms with van der Waals surface area (Å²) in [6, 6.07) is 2.98. The van der Waals surface area contributed by atoms with E-state index in [0.717, 1.165) is 36.6 Å². The van der Waals surface area contributed by atoms with Crippen LogP contribution in [0.4, 0.5) is 0 Å². The lowest BCUT2D eigenvalue weighted by atomic mass is 9.85. The smallest absolute Gasteiger partial charge is 0.118 e. The van der Waals surface area contributed by atoms with E-state index in [-0.39, 0.29) is 0 Å². The van der Waals surface area contributed by atoms with Crippen molar-refractivity contribution in [1.82, 2.24) is 10.2 Å². The van der Waals surface area contributed by atoms with Crippen molar-refractivity contribution in [1.29, 1.82) is 0 Å². The van der Waals surface area contributed by atoms with Gasteiger partial charge >= 0.3 is 0 Å². The minimum absolute atomic E-state index is 0.746. The van der Waals surface area contributed by atoms with Crippen molar-refractivity contribution in [2.45, 2.75) is 58.2 Å². The molecule has 0 spiro atoms. The van der Waals surface area contributed by atoms with Gasteiger partial charge in [-0.1, -0.05) is 6.42 Å². The first kappa shape index (κ1) is 13.2. The molecule has 1 N–H and O–H groups in total. The van der Waals surface area contributed by atoms with Crippen molar-refractivity contribution in [3.05, 3.63) is 23.2 Å². The van der Waals surface area contributed by atoms with E-state index in [9.17, 15) is 0 Å². The summed E-state index contributed by atoms with van der Waals surface area (Å²) in [7, 11) is 2.23. The molecule has 0 aromatic carbocycles. The molecule has 2 fully saturated rings. The highest BCUT2D eigenvalue weighted by molar-refractivity contribution is 5.20. The van der Waals surface area contributed by atoms with Crippen molar-refractivity contribution in [2.24, 2.45) is 5.92 Å². The topological polar surface area (TPSA) is 28.4 Å². The monoisotopic (exact) mass is 262 g/mol. The molecule has 0 aliphatic heterocycles. The molecular formula is C16H26N2O. The fourth-order valence-electron chi connectivity index (χ4n) is 2.84. The van der Waals surface area contributed by atoms with Crippen LogP contribution in [0.5, 0.6) is 0 Å². The molecule has 3 heteroatoms. The SMILES string of the molecule is Cc1oc(CNC2CC2)cc1CN(C)CC1CCC1. The van der Waals surface area contributed by atoms with Crippen LogP contribution < -0.4 is 5.32 Å². The lowest BCUT2D eigenvalue weighted by Gasteiger charge is -2.30. The van der Waals surface area contributed by atoms with Gasteiger partial charge in [0.25, 0.3) is 0 Å². The number of furan rings is 1. The molecule has 0 amide bonds. The Morgan fingerprint density at radius 1 is 1.32 bits per heavy atom. The van der Waals surface area contributed by atoms with Crippen molar-refractivity contribution >= 4 is 0 Å². The van der Waals surface area contributed by atoms with Gasteiger partial charge in [0, 0.05) is 24.7 Å². The highest BCUT2D eigenvalue weighted by Gasteiger charge is 2.22. The summed E-state index contributed by atoms with van der Waals surface area (Å²) in [5, 5.41) is 3.51. The van der Waals surface area contributed by atoms with Crippen LogP contribution in [-0.2, 0) is 13.1 Å². The maximum Gasteiger partial charge on any atom is 0.118 e. The molecular weight excluding hydrogens is 236 g/mol. The summed E-state index contributed by atoms with van der Waals surface area (Å²) < 4.78 is 5.85. The molecule has 106 valence electrons. The molecule has 1 aromatic heterocycles. The average Bonchev–Trinajstić information content (AvgIpc) is 3.08. The van der Waals surface area contributed by atoms with Crippen LogP contribution >= 0.6 is 0 Å². The number of rotatable bonds is 7. The molecule has 0 saturated heterocycles. The molecule has 1 heterocycles. The van der Waals surface area contributed by atoms with Crippen LogP contribution in [0.25, 0.3) is 0 Å². The third-order valence-corrected chi connectivity index (χ3v) is 4.45. The molecule has 19 heavy (non-hydrogen) atoms. The Hall–Kier alpha value is -0.800. The van der Waals surface area contributed by atoms with Crippen LogP contribution in [-0.4, -0.2) is 24.5 Å². The van der Waals surface area contributed by atoms with Crippen molar-refractivity contribution < 1.29 is 4.42 Å². The van der Waals surface area contributed by atoms with E-state index < -0.39 is 0 Å². The van der Waals surface area contributed by atoms with E-state index in [1.165, 1.54) is 44.2 Å². The Morgan fingerprint density at radius 3 is 2.74 bits per heavy atom. The van der Waals surface area contributed by atoms with Gasteiger partial charge < -0.3 is 14.6 Å². The summed E-state index contributed by atoms with van der Waals surface area (Å²) in [5.41, 5.74) is 1.36. The average molecular weight is 262 g/mol. The largest absolute Gasteiger partial charge is 0.465 e. The Balaban J connectivity index is 1.50. The first-order valence-electron chi connectivity index (χ1n) is 7.71. The lowest BCUT2D eigenvalue weighted by molar-refractivity contribution is 0.200. The van der Waals surface area contributed by atoms with Gasteiger partial charge in [-0.3, -0.25) is 0 Å². The van der Waals surface area contributed by atoms with Gasteiger partial charge in [-0.2, -0.15) is 0 Å². The van der Waals surface area contributed by atoms with Crippen molar-refractivity contribution in [3.8, 4) is 0 Å². The second-order valence-corrected chi connectivity index (χ2v) is 6.44. The van der Waals surface area contributed by atoms with Crippen LogP contribution in [0, 0.1) is 12.8 Å². The quantitative estimate of drug-likeness (QED) is 0.818. The Bertz CT molecular complexity index is 418. The summed E-state index contributed by atoms with van der Waals surface area (Å²) in [4.78, 5) is 2.44. The molecule has 1 aromatic rings. The number of nitrogens with one attached hydrogen (secondary N) is 1. The standard InChI is InChI=1S/C16H26N2O/c1-12-14(11-18(2)10-13-4-3-5-13)8-16(19-12)9-17-15-6-7-15/h8,13,15,17H,3-7,9-11H2,1-2H3. The van der Waals surface area contributed by atoms with Gasteiger partial charge in [-0.25, -0.2) is 0 Å². The predicted octanol–water partition coefficient (Wildman–Crippen LogP) is 3.07. The van der Waals surface area contributed by atoms with Gasteiger partial charge in [-0.05, 0) is 51.6 Å². The summed E-state index contributed by atoms with van der Waals surface area (Å²) in [6.07, 6.45) is 6.93. The fraction of sp³-hybridized carbons (Fsp3) is 0.750. The Labute approximate surface area is 116 Å². The van der Waals surface area contributed by atoms with Crippen LogP contribution in [0.15, 0.2) is 10.5 Å². The van der Waals surface area contributed by atoms with Crippen LogP contribution in [0.2, 0.25) is 0 Å². The van der Waals surface area contributed by atoms with Crippen molar-refractivity contribution in [2.75, 3.05) is 13.6 Å². The predicted molar refractivity (Wildman–Crippen MR) is 77.0 cm³/mol. The normalized spacial score (nSPS) is 19.9. The fourth-order valence-corrected chi connectivity index (χ4v) is 2.84. The van der Waals surface area contributed by atoms with E-state index in [1.807, 2.05) is 0 Å². The van der Waals surface area contributed by atoms with Gasteiger partial charge in [0.05, 0.1) is 6.54 Å². The third kappa shape index (κ3) is 3.61. The third-order valence-electron chi connectivity index (χ3n) is 4.45. The second kappa shape index (κ2) is 5.68. The van der Waals surface area contributed by atoms with Gasteiger partial charge in [0.1, 0.15) is 11.5 Å². The van der Waals surface area contributed by atoms with Gasteiger partial charge in [0.2, 0.25) is 0 Å². The van der Waals surface area contributed by atoms with Crippen LogP contribution in [0.3, 0.4) is 0 Å². The van der Waals surface area contributed by atoms with Gasteiger partial charge in [0.15, 0.2) is 0 Å². The molecule has 0 unspecified atom stereocenters. The summed E-state index contributed by atoms with van der Waals surface area (Å²) >= 11 is 0. The van der Waals surface area contributed by atoms with E-state index in [0.29, 0.717) is 0 Å².